The van der Waals surface area contributed by atoms with Crippen LogP contribution in [0.1, 0.15) is 81.0 Å². The lowest BCUT2D eigenvalue weighted by atomic mass is 9.96. The molecule has 1 aliphatic heterocycles. The smallest absolute Gasteiger partial charge is 0.341 e. The third-order valence-corrected chi connectivity index (χ3v) is 8.89. The monoisotopic (exact) mass is 586 g/mol. The Morgan fingerprint density at radius 2 is 1.88 bits per heavy atom. The van der Waals surface area contributed by atoms with E-state index in [1.54, 1.807) is 32.9 Å². The van der Waals surface area contributed by atoms with Crippen LogP contribution >= 0.6 is 23.2 Å². The first-order chi connectivity index (χ1) is 19.0. The van der Waals surface area contributed by atoms with Crippen molar-refractivity contribution in [3.63, 3.8) is 0 Å². The number of piperidine rings is 1. The van der Waals surface area contributed by atoms with E-state index in [4.69, 9.17) is 37.2 Å². The van der Waals surface area contributed by atoms with Crippen LogP contribution in [0, 0.1) is 11.7 Å². The Hall–Kier alpha value is -2.61. The van der Waals surface area contributed by atoms with Gasteiger partial charge in [0.25, 0.3) is 0 Å². The van der Waals surface area contributed by atoms with Crippen LogP contribution in [0.4, 0.5) is 10.1 Å². The van der Waals surface area contributed by atoms with Crippen molar-refractivity contribution in [2.24, 2.45) is 5.92 Å². The Labute approximate surface area is 243 Å². The highest BCUT2D eigenvalue weighted by Gasteiger charge is 2.50. The fourth-order valence-corrected chi connectivity index (χ4v) is 6.89. The number of halogens is 3. The van der Waals surface area contributed by atoms with E-state index in [9.17, 15) is 4.79 Å². The third-order valence-electron chi connectivity index (χ3n) is 8.26. The number of carbonyl (C=O) groups is 1. The highest BCUT2D eigenvalue weighted by molar-refractivity contribution is 6.39. The molecule has 2 bridgehead atoms. The summed E-state index contributed by atoms with van der Waals surface area (Å²) in [5.74, 6) is 0.284. The van der Waals surface area contributed by atoms with Gasteiger partial charge in [-0.1, -0.05) is 34.4 Å². The topological polar surface area (TPSA) is 64.8 Å². The van der Waals surface area contributed by atoms with Gasteiger partial charge in [-0.2, -0.15) is 0 Å². The number of hydrogen-bond donors (Lipinski definition) is 0. The molecular formula is C31H33Cl2FN2O4. The summed E-state index contributed by atoms with van der Waals surface area (Å²) in [5.41, 5.74) is 2.27. The van der Waals surface area contributed by atoms with Gasteiger partial charge in [0.15, 0.2) is 0 Å². The van der Waals surface area contributed by atoms with E-state index in [-0.39, 0.29) is 29.7 Å². The van der Waals surface area contributed by atoms with Gasteiger partial charge >= 0.3 is 5.97 Å². The summed E-state index contributed by atoms with van der Waals surface area (Å²) in [7, 11) is 0. The fourth-order valence-electron chi connectivity index (χ4n) is 6.32. The molecule has 6 nitrogen and oxygen atoms in total. The van der Waals surface area contributed by atoms with E-state index in [0.29, 0.717) is 33.8 Å². The largest absolute Gasteiger partial charge is 0.456 e. The Bertz CT molecular complexity index is 1430. The number of fused-ring (bicyclic) bond motifs is 2. The molecule has 40 heavy (non-hydrogen) atoms. The van der Waals surface area contributed by atoms with Crippen molar-refractivity contribution >= 4 is 34.9 Å². The number of hydrogen-bond acceptors (Lipinski definition) is 6. The van der Waals surface area contributed by atoms with Crippen LogP contribution in [0.5, 0.6) is 0 Å². The number of esters is 1. The van der Waals surface area contributed by atoms with Gasteiger partial charge < -0.3 is 18.9 Å². The molecule has 1 saturated heterocycles. The zero-order valence-electron chi connectivity index (χ0n) is 23.0. The normalized spacial score (nSPS) is 24.1. The second-order valence-corrected chi connectivity index (χ2v) is 13.0. The van der Waals surface area contributed by atoms with E-state index in [1.165, 1.54) is 12.1 Å². The molecule has 212 valence electrons. The van der Waals surface area contributed by atoms with Crippen LogP contribution in [0.3, 0.4) is 0 Å². The summed E-state index contributed by atoms with van der Waals surface area (Å²) in [6.07, 6.45) is 3.99. The molecule has 2 saturated carbocycles. The molecular weight excluding hydrogens is 554 g/mol. The van der Waals surface area contributed by atoms with E-state index in [2.05, 4.69) is 17.0 Å². The zero-order chi connectivity index (χ0) is 28.3. The van der Waals surface area contributed by atoms with Crippen molar-refractivity contribution in [2.45, 2.75) is 89.7 Å². The molecule has 2 heterocycles. The van der Waals surface area contributed by atoms with Crippen LogP contribution < -0.4 is 4.90 Å². The van der Waals surface area contributed by atoms with Gasteiger partial charge in [-0.25, -0.2) is 9.18 Å². The molecule has 0 spiro atoms. The number of aromatic nitrogens is 1. The highest BCUT2D eigenvalue weighted by Crippen LogP contribution is 2.49. The fraction of sp³-hybridized carbons (Fsp3) is 0.484. The van der Waals surface area contributed by atoms with Crippen molar-refractivity contribution in [1.29, 1.82) is 0 Å². The molecule has 6 rings (SSSR count). The number of benzene rings is 2. The number of anilines is 1. The Kier molecular flexibility index (Phi) is 7.12. The number of nitrogens with zero attached hydrogens (tertiary/aromatic N) is 2. The molecule has 3 aromatic rings. The summed E-state index contributed by atoms with van der Waals surface area (Å²) in [6, 6.07) is 10.6. The lowest BCUT2D eigenvalue weighted by Crippen LogP contribution is -2.45. The summed E-state index contributed by atoms with van der Waals surface area (Å²) < 4.78 is 32.7. The molecule has 2 aromatic carbocycles. The first-order valence-corrected chi connectivity index (χ1v) is 14.6. The van der Waals surface area contributed by atoms with Gasteiger partial charge in [-0.15, -0.1) is 0 Å². The number of carbonyl (C=O) groups excluding carboxylic acids is 1. The average molecular weight is 588 g/mol. The SMILES string of the molecule is C[C@@H]1[C@@H]2C[C@@H](C[C@@H]2OCc2c(-c3c(Cl)cccc3Cl)noc2C2CC2)N1c1ccc(C(=O)OC(C)(C)C)c(F)c1. The Balaban J connectivity index is 1.17. The van der Waals surface area contributed by atoms with Gasteiger partial charge in [0.05, 0.1) is 28.3 Å². The van der Waals surface area contributed by atoms with Crippen molar-refractivity contribution in [1.82, 2.24) is 5.16 Å². The second-order valence-electron chi connectivity index (χ2n) is 12.2. The minimum absolute atomic E-state index is 0.0495. The standard InChI is InChI=1S/C31H33Cl2FN2O4/c1-16-21-12-19(36(16)18-10-11-20(25(34)13-18)30(37)39-31(2,3)4)14-26(21)38-15-22-28(35-40-29(22)17-8-9-17)27-23(32)6-5-7-24(27)33/h5-7,10-11,13,16-17,19,21,26H,8-9,12,14-15H2,1-4H3/t16-,19+,21+,26+/m1/s1. The van der Waals surface area contributed by atoms with Crippen LogP contribution in [-0.4, -0.2) is 34.9 Å². The minimum Gasteiger partial charge on any atom is -0.456 e. The maximum atomic E-state index is 15.0. The lowest BCUT2D eigenvalue weighted by molar-refractivity contribution is 0.00366. The van der Waals surface area contributed by atoms with E-state index >= 15 is 4.39 Å². The van der Waals surface area contributed by atoms with Gasteiger partial charge in [-0.05, 0) is 83.7 Å². The van der Waals surface area contributed by atoms with Gasteiger partial charge in [0, 0.05) is 40.7 Å². The second kappa shape index (κ2) is 10.3. The van der Waals surface area contributed by atoms with E-state index in [1.807, 2.05) is 12.1 Å². The molecule has 2 aliphatic carbocycles. The maximum absolute atomic E-state index is 15.0. The predicted octanol–water partition coefficient (Wildman–Crippen LogP) is 8.19. The molecule has 9 heteroatoms. The van der Waals surface area contributed by atoms with Crippen LogP contribution in [0.25, 0.3) is 11.3 Å². The maximum Gasteiger partial charge on any atom is 0.341 e. The molecule has 0 radical (unpaired) electrons. The van der Waals surface area contributed by atoms with Crippen LogP contribution in [-0.2, 0) is 16.1 Å². The van der Waals surface area contributed by atoms with Gasteiger partial charge in [-0.3, -0.25) is 0 Å². The van der Waals surface area contributed by atoms with E-state index in [0.717, 1.165) is 42.7 Å². The molecule has 3 aliphatic rings. The van der Waals surface area contributed by atoms with Gasteiger partial charge in [0.1, 0.15) is 22.9 Å². The van der Waals surface area contributed by atoms with Crippen molar-refractivity contribution in [2.75, 3.05) is 4.90 Å². The molecule has 1 aromatic heterocycles. The minimum atomic E-state index is -0.688. The molecule has 0 N–H and O–H groups in total. The first-order valence-electron chi connectivity index (χ1n) is 13.9. The first kappa shape index (κ1) is 27.6. The predicted molar refractivity (Wildman–Crippen MR) is 153 cm³/mol. The molecule has 4 atom stereocenters. The third kappa shape index (κ3) is 5.12. The lowest BCUT2D eigenvalue weighted by Gasteiger charge is -2.39. The average Bonchev–Trinajstić information content (AvgIpc) is 3.38. The van der Waals surface area contributed by atoms with Crippen LogP contribution in [0.2, 0.25) is 10.0 Å². The summed E-state index contributed by atoms with van der Waals surface area (Å²) >= 11 is 13.0. The number of ether oxygens (including phenoxy) is 2. The summed E-state index contributed by atoms with van der Waals surface area (Å²) in [4.78, 5) is 14.7. The van der Waals surface area contributed by atoms with Crippen molar-refractivity contribution in [3.05, 3.63) is 69.1 Å². The molecule has 3 fully saturated rings. The molecule has 0 unspecified atom stereocenters. The van der Waals surface area contributed by atoms with E-state index < -0.39 is 17.4 Å². The van der Waals surface area contributed by atoms with Crippen molar-refractivity contribution in [3.8, 4) is 11.3 Å². The quantitative estimate of drug-likeness (QED) is 0.260. The highest BCUT2D eigenvalue weighted by atomic mass is 35.5. The zero-order valence-corrected chi connectivity index (χ0v) is 24.6. The summed E-state index contributed by atoms with van der Waals surface area (Å²) in [5, 5.41) is 5.43. The van der Waals surface area contributed by atoms with Gasteiger partial charge in [0.2, 0.25) is 0 Å². The Morgan fingerprint density at radius 1 is 1.15 bits per heavy atom. The Morgan fingerprint density at radius 3 is 2.50 bits per heavy atom. The van der Waals surface area contributed by atoms with Crippen LogP contribution in [0.15, 0.2) is 40.9 Å². The molecule has 0 amide bonds. The number of rotatable bonds is 7. The van der Waals surface area contributed by atoms with Crippen molar-refractivity contribution < 1.29 is 23.2 Å². The summed E-state index contributed by atoms with van der Waals surface area (Å²) in [6.45, 7) is 7.82.